The van der Waals surface area contributed by atoms with E-state index in [4.69, 9.17) is 4.99 Å². The molecule has 4 heterocycles. The third kappa shape index (κ3) is 2.97. The Morgan fingerprint density at radius 3 is 3.00 bits per heavy atom. The minimum Gasteiger partial charge on any atom is -0.302 e. The van der Waals surface area contributed by atoms with Gasteiger partial charge in [-0.25, -0.2) is 4.99 Å². The first-order chi connectivity index (χ1) is 13.6. The molecule has 0 atom stereocenters. The highest BCUT2D eigenvalue weighted by molar-refractivity contribution is 7.19. The fraction of sp³-hybridized carbons (Fsp3) is 0.292. The van der Waals surface area contributed by atoms with Crippen LogP contribution in [0.5, 0.6) is 0 Å². The molecule has 1 aromatic heterocycles. The number of aliphatic imine (C=N–C) groups is 1. The summed E-state index contributed by atoms with van der Waals surface area (Å²) in [6, 6.07) is 6.87. The van der Waals surface area contributed by atoms with Gasteiger partial charge in [-0.3, -0.25) is 4.90 Å². The zero-order valence-corrected chi connectivity index (χ0v) is 17.4. The molecule has 1 aromatic carbocycles. The molecular weight excluding hydrogens is 362 g/mol. The lowest BCUT2D eigenvalue weighted by molar-refractivity contribution is 0.260. The summed E-state index contributed by atoms with van der Waals surface area (Å²) in [6.07, 6.45) is 10.3. The molecule has 0 amide bonds. The Labute approximate surface area is 170 Å². The molecule has 0 bridgehead atoms. The van der Waals surface area contributed by atoms with Crippen molar-refractivity contribution >= 4 is 27.3 Å². The van der Waals surface area contributed by atoms with Crippen LogP contribution in [0, 0.1) is 6.92 Å². The van der Waals surface area contributed by atoms with Crippen LogP contribution >= 0.6 is 11.3 Å². The summed E-state index contributed by atoms with van der Waals surface area (Å²) in [4.78, 5) is 11.1. The van der Waals surface area contributed by atoms with Gasteiger partial charge in [0.05, 0.1) is 0 Å². The number of hydrogen-bond donors (Lipinski definition) is 0. The van der Waals surface area contributed by atoms with Crippen LogP contribution in [0.1, 0.15) is 29.3 Å². The van der Waals surface area contributed by atoms with Gasteiger partial charge in [-0.15, -0.1) is 11.3 Å². The van der Waals surface area contributed by atoms with E-state index in [1.807, 2.05) is 29.6 Å². The molecule has 142 valence electrons. The summed E-state index contributed by atoms with van der Waals surface area (Å²) in [5.41, 5.74) is 6.35. The van der Waals surface area contributed by atoms with E-state index < -0.39 is 0 Å². The molecule has 0 spiro atoms. The molecule has 0 fully saturated rings. The van der Waals surface area contributed by atoms with Gasteiger partial charge in [0.1, 0.15) is 5.84 Å². The quantitative estimate of drug-likeness (QED) is 0.688. The lowest BCUT2D eigenvalue weighted by Gasteiger charge is -2.32. The predicted octanol–water partition coefficient (Wildman–Crippen LogP) is 5.54. The number of aryl methyl sites for hydroxylation is 1. The number of hydrogen-bond acceptors (Lipinski definition) is 4. The van der Waals surface area contributed by atoms with E-state index in [0.29, 0.717) is 0 Å². The lowest BCUT2D eigenvalue weighted by Crippen LogP contribution is -2.33. The third-order valence-electron chi connectivity index (χ3n) is 5.94. The smallest absolute Gasteiger partial charge is 0.137 e. The highest BCUT2D eigenvalue weighted by Gasteiger charge is 2.25. The van der Waals surface area contributed by atoms with Crippen molar-refractivity contribution in [2.75, 3.05) is 13.1 Å². The number of rotatable bonds is 3. The summed E-state index contributed by atoms with van der Waals surface area (Å²) >= 11 is 1.98. The molecule has 0 aliphatic carbocycles. The molecule has 3 aliphatic heterocycles. The number of thiophene rings is 1. The maximum atomic E-state index is 4.78. The third-order valence-corrected chi connectivity index (χ3v) is 7.21. The molecule has 0 saturated carbocycles. The predicted molar refractivity (Wildman–Crippen MR) is 120 cm³/mol. The number of allylic oxidation sites excluding steroid dienone is 4. The van der Waals surface area contributed by atoms with E-state index >= 15 is 0 Å². The van der Waals surface area contributed by atoms with Crippen molar-refractivity contribution in [3.8, 4) is 0 Å². The minimum absolute atomic E-state index is 0.969. The van der Waals surface area contributed by atoms with Crippen molar-refractivity contribution in [3.05, 3.63) is 82.2 Å². The Morgan fingerprint density at radius 1 is 1.21 bits per heavy atom. The van der Waals surface area contributed by atoms with Gasteiger partial charge in [-0.1, -0.05) is 30.4 Å². The molecule has 3 nitrogen and oxygen atoms in total. The van der Waals surface area contributed by atoms with Gasteiger partial charge < -0.3 is 4.90 Å². The van der Waals surface area contributed by atoms with Crippen LogP contribution in [-0.4, -0.2) is 28.7 Å². The second kappa shape index (κ2) is 6.87. The van der Waals surface area contributed by atoms with Gasteiger partial charge in [0.25, 0.3) is 0 Å². The molecule has 0 N–H and O–H groups in total. The fourth-order valence-electron chi connectivity index (χ4n) is 4.38. The standard InChI is InChI=1S/C24H25N3S/c1-16-7-8-22-20(14-16)21-15-26(13-10-23(21)28-22)12-9-19-17(2)25-24-6-4-5-11-27(24)18(19)3/h4-8,11,14H,3,9-10,12-13,15H2,1-2H3. The van der Waals surface area contributed by atoms with Gasteiger partial charge >= 0.3 is 0 Å². The number of amidine groups is 1. The van der Waals surface area contributed by atoms with Crippen molar-refractivity contribution in [2.24, 2.45) is 4.99 Å². The first-order valence-corrected chi connectivity index (χ1v) is 10.8. The van der Waals surface area contributed by atoms with Gasteiger partial charge in [-0.2, -0.15) is 0 Å². The Balaban J connectivity index is 1.34. The Kier molecular flexibility index (Phi) is 4.33. The van der Waals surface area contributed by atoms with Crippen LogP contribution in [0.25, 0.3) is 10.1 Å². The van der Waals surface area contributed by atoms with E-state index in [9.17, 15) is 0 Å². The van der Waals surface area contributed by atoms with Gasteiger partial charge in [0, 0.05) is 46.8 Å². The summed E-state index contributed by atoms with van der Waals surface area (Å²) in [6.45, 7) is 11.9. The average molecular weight is 388 g/mol. The molecule has 0 unspecified atom stereocenters. The van der Waals surface area contributed by atoms with Gasteiger partial charge in [0.2, 0.25) is 0 Å². The molecule has 4 heteroatoms. The fourth-order valence-corrected chi connectivity index (χ4v) is 5.57. The molecule has 2 aromatic rings. The minimum atomic E-state index is 0.969. The highest BCUT2D eigenvalue weighted by atomic mass is 32.1. The summed E-state index contributed by atoms with van der Waals surface area (Å²) in [5, 5.41) is 1.46. The maximum Gasteiger partial charge on any atom is 0.137 e. The van der Waals surface area contributed by atoms with E-state index in [2.05, 4.69) is 54.6 Å². The van der Waals surface area contributed by atoms with Crippen molar-refractivity contribution in [1.29, 1.82) is 0 Å². The summed E-state index contributed by atoms with van der Waals surface area (Å²) in [5.74, 6) is 0.969. The summed E-state index contributed by atoms with van der Waals surface area (Å²) in [7, 11) is 0. The largest absolute Gasteiger partial charge is 0.302 e. The van der Waals surface area contributed by atoms with Crippen LogP contribution in [0.15, 0.2) is 71.2 Å². The van der Waals surface area contributed by atoms with E-state index in [-0.39, 0.29) is 0 Å². The van der Waals surface area contributed by atoms with Crippen molar-refractivity contribution in [1.82, 2.24) is 9.80 Å². The zero-order chi connectivity index (χ0) is 19.3. The molecule has 5 rings (SSSR count). The SMILES string of the molecule is C=C1C(CCN2CCc3sc4ccc(C)cc4c3C2)=C(C)N=C2C=CC=CN12. The van der Waals surface area contributed by atoms with Crippen molar-refractivity contribution in [3.63, 3.8) is 0 Å². The Bertz CT molecular complexity index is 1100. The monoisotopic (exact) mass is 387 g/mol. The zero-order valence-electron chi connectivity index (χ0n) is 16.5. The first-order valence-electron chi connectivity index (χ1n) is 9.95. The summed E-state index contributed by atoms with van der Waals surface area (Å²) < 4.78 is 1.43. The first kappa shape index (κ1) is 17.7. The van der Waals surface area contributed by atoms with Gasteiger partial charge in [0.15, 0.2) is 0 Å². The Morgan fingerprint density at radius 2 is 2.11 bits per heavy atom. The highest BCUT2D eigenvalue weighted by Crippen LogP contribution is 2.36. The number of benzene rings is 1. The van der Waals surface area contributed by atoms with Crippen LogP contribution in [0.2, 0.25) is 0 Å². The second-order valence-corrected chi connectivity index (χ2v) is 8.97. The van der Waals surface area contributed by atoms with Crippen LogP contribution in [0.4, 0.5) is 0 Å². The van der Waals surface area contributed by atoms with Gasteiger partial charge in [-0.05, 0) is 61.4 Å². The van der Waals surface area contributed by atoms with Crippen LogP contribution in [-0.2, 0) is 13.0 Å². The van der Waals surface area contributed by atoms with E-state index in [1.54, 1.807) is 10.4 Å². The molecule has 3 aliphatic rings. The molecule has 28 heavy (non-hydrogen) atoms. The van der Waals surface area contributed by atoms with E-state index in [0.717, 1.165) is 49.7 Å². The molecule has 0 radical (unpaired) electrons. The average Bonchev–Trinajstić information content (AvgIpc) is 3.05. The maximum absolute atomic E-state index is 4.78. The second-order valence-electron chi connectivity index (χ2n) is 7.83. The molecule has 0 saturated heterocycles. The van der Waals surface area contributed by atoms with E-state index in [1.165, 1.54) is 21.2 Å². The number of nitrogens with zero attached hydrogens (tertiary/aromatic N) is 3. The normalized spacial score (nSPS) is 19.3. The van der Waals surface area contributed by atoms with Crippen molar-refractivity contribution in [2.45, 2.75) is 33.2 Å². The Hall–Kier alpha value is -2.43. The lowest BCUT2D eigenvalue weighted by atomic mass is 10.0. The molecular formula is C24H25N3S. The topological polar surface area (TPSA) is 18.8 Å². The van der Waals surface area contributed by atoms with Crippen molar-refractivity contribution < 1.29 is 0 Å². The number of fused-ring (bicyclic) bond motifs is 4. The van der Waals surface area contributed by atoms with Crippen LogP contribution in [0.3, 0.4) is 0 Å². The van der Waals surface area contributed by atoms with Crippen LogP contribution < -0.4 is 0 Å².